The number of amides is 1. The first kappa shape index (κ1) is 22.3. The summed E-state index contributed by atoms with van der Waals surface area (Å²) in [5.41, 5.74) is 0.634. The molecule has 0 radical (unpaired) electrons. The van der Waals surface area contributed by atoms with Crippen LogP contribution in [0.2, 0.25) is 5.02 Å². The third-order valence-corrected chi connectivity index (χ3v) is 6.43. The number of likely N-dealkylation sites (tertiary alicyclic amines) is 1. The SMILES string of the molecule is CCn1c(=O)c2ccccc2n(CC(=O)NC[C@H](c2ccccc2Cl)N2CCCC2)c1=O. The van der Waals surface area contributed by atoms with Gasteiger partial charge in [-0.15, -0.1) is 0 Å². The van der Waals surface area contributed by atoms with Gasteiger partial charge in [-0.2, -0.15) is 0 Å². The number of carbonyl (C=O) groups excluding carboxylic acids is 1. The van der Waals surface area contributed by atoms with Gasteiger partial charge in [0.05, 0.1) is 16.9 Å². The Kier molecular flexibility index (Phi) is 6.77. The molecule has 8 heteroatoms. The fraction of sp³-hybridized carbons (Fsp3) is 0.375. The number of aromatic nitrogens is 2. The van der Waals surface area contributed by atoms with Crippen LogP contribution in [0.1, 0.15) is 31.4 Å². The third kappa shape index (κ3) is 4.36. The van der Waals surface area contributed by atoms with E-state index in [0.717, 1.165) is 36.1 Å². The summed E-state index contributed by atoms with van der Waals surface area (Å²) in [4.78, 5) is 40.8. The molecule has 0 saturated carbocycles. The van der Waals surface area contributed by atoms with E-state index in [0.29, 0.717) is 22.5 Å². The van der Waals surface area contributed by atoms with Crippen molar-refractivity contribution in [1.29, 1.82) is 0 Å². The molecule has 1 N–H and O–H groups in total. The fourth-order valence-corrected chi connectivity index (χ4v) is 4.71. The zero-order chi connectivity index (χ0) is 22.7. The zero-order valence-electron chi connectivity index (χ0n) is 18.1. The van der Waals surface area contributed by atoms with E-state index in [4.69, 9.17) is 11.6 Å². The Hall–Kier alpha value is -2.90. The van der Waals surface area contributed by atoms with Gasteiger partial charge in [0, 0.05) is 18.1 Å². The maximum Gasteiger partial charge on any atom is 0.331 e. The Morgan fingerprint density at radius 1 is 1.03 bits per heavy atom. The number of rotatable bonds is 7. The maximum atomic E-state index is 12.9. The lowest BCUT2D eigenvalue weighted by atomic mass is 10.1. The first-order chi connectivity index (χ1) is 15.5. The van der Waals surface area contributed by atoms with E-state index in [9.17, 15) is 14.4 Å². The largest absolute Gasteiger partial charge is 0.353 e. The summed E-state index contributed by atoms with van der Waals surface area (Å²) in [6.07, 6.45) is 2.24. The molecule has 32 heavy (non-hydrogen) atoms. The van der Waals surface area contributed by atoms with Crippen LogP contribution in [-0.2, 0) is 17.9 Å². The molecule has 1 aromatic heterocycles. The average molecular weight is 455 g/mol. The fourth-order valence-electron chi connectivity index (χ4n) is 4.45. The summed E-state index contributed by atoms with van der Waals surface area (Å²) >= 11 is 6.46. The van der Waals surface area contributed by atoms with Crippen molar-refractivity contribution in [2.24, 2.45) is 0 Å². The number of nitrogens with zero attached hydrogens (tertiary/aromatic N) is 3. The van der Waals surface area contributed by atoms with Crippen LogP contribution in [0.15, 0.2) is 58.1 Å². The van der Waals surface area contributed by atoms with E-state index in [1.165, 1.54) is 4.57 Å². The van der Waals surface area contributed by atoms with Gasteiger partial charge in [-0.25, -0.2) is 4.79 Å². The third-order valence-electron chi connectivity index (χ3n) is 6.09. The van der Waals surface area contributed by atoms with Gasteiger partial charge in [-0.3, -0.25) is 23.6 Å². The van der Waals surface area contributed by atoms with Gasteiger partial charge in [-0.05, 0) is 56.6 Å². The van der Waals surface area contributed by atoms with Crippen molar-refractivity contribution < 1.29 is 4.79 Å². The Morgan fingerprint density at radius 2 is 1.72 bits per heavy atom. The molecule has 0 aliphatic carbocycles. The van der Waals surface area contributed by atoms with Gasteiger partial charge in [0.2, 0.25) is 5.91 Å². The molecule has 4 rings (SSSR count). The summed E-state index contributed by atoms with van der Waals surface area (Å²) in [5, 5.41) is 4.09. The molecular weight excluding hydrogens is 428 g/mol. The second-order valence-electron chi connectivity index (χ2n) is 8.02. The van der Waals surface area contributed by atoms with Gasteiger partial charge < -0.3 is 5.32 Å². The molecule has 1 aliphatic heterocycles. The number of nitrogens with one attached hydrogen (secondary N) is 1. The standard InChI is InChI=1S/C24H27ClN4O3/c1-2-28-23(31)18-10-4-6-12-20(18)29(24(28)32)16-22(30)26-15-21(27-13-7-8-14-27)17-9-3-5-11-19(17)25/h3-6,9-12,21H,2,7-8,13-16H2,1H3,(H,26,30)/t21-/m1/s1. The Balaban J connectivity index is 1.58. The van der Waals surface area contributed by atoms with Crippen molar-refractivity contribution in [3.8, 4) is 0 Å². The van der Waals surface area contributed by atoms with Crippen LogP contribution in [0.3, 0.4) is 0 Å². The first-order valence-corrected chi connectivity index (χ1v) is 11.4. The number of para-hydroxylation sites is 1. The van der Waals surface area contributed by atoms with E-state index < -0.39 is 5.69 Å². The molecule has 2 aromatic carbocycles. The summed E-state index contributed by atoms with van der Waals surface area (Å²) in [6, 6.07) is 14.6. The minimum atomic E-state index is -0.478. The number of benzene rings is 2. The van der Waals surface area contributed by atoms with Gasteiger partial charge in [-0.1, -0.05) is 41.9 Å². The highest BCUT2D eigenvalue weighted by molar-refractivity contribution is 6.31. The summed E-state index contributed by atoms with van der Waals surface area (Å²) in [7, 11) is 0. The van der Waals surface area contributed by atoms with E-state index in [1.54, 1.807) is 31.2 Å². The second kappa shape index (κ2) is 9.71. The van der Waals surface area contributed by atoms with Crippen LogP contribution < -0.4 is 16.6 Å². The molecule has 1 saturated heterocycles. The zero-order valence-corrected chi connectivity index (χ0v) is 18.8. The monoisotopic (exact) mass is 454 g/mol. The summed E-state index contributed by atoms with van der Waals surface area (Å²) in [6.45, 7) is 4.13. The molecular formula is C24H27ClN4O3. The number of hydrogen-bond acceptors (Lipinski definition) is 4. The van der Waals surface area contributed by atoms with Crippen LogP contribution >= 0.6 is 11.6 Å². The molecule has 0 unspecified atom stereocenters. The van der Waals surface area contributed by atoms with Crippen molar-refractivity contribution in [3.63, 3.8) is 0 Å². The van der Waals surface area contributed by atoms with Crippen LogP contribution in [0.4, 0.5) is 0 Å². The van der Waals surface area contributed by atoms with Gasteiger partial charge in [0.25, 0.3) is 5.56 Å². The quantitative estimate of drug-likeness (QED) is 0.595. The number of fused-ring (bicyclic) bond motifs is 1. The molecule has 168 valence electrons. The van der Waals surface area contributed by atoms with Crippen molar-refractivity contribution in [3.05, 3.63) is 80.0 Å². The van der Waals surface area contributed by atoms with Crippen molar-refractivity contribution >= 4 is 28.4 Å². The van der Waals surface area contributed by atoms with Crippen LogP contribution in [0, 0.1) is 0 Å². The maximum absolute atomic E-state index is 12.9. The van der Waals surface area contributed by atoms with Gasteiger partial charge in [0.1, 0.15) is 6.54 Å². The highest BCUT2D eigenvalue weighted by Crippen LogP contribution is 2.29. The predicted octanol–water partition coefficient (Wildman–Crippen LogP) is 2.79. The number of carbonyl (C=O) groups is 1. The number of hydrogen-bond donors (Lipinski definition) is 1. The minimum Gasteiger partial charge on any atom is -0.353 e. The molecule has 7 nitrogen and oxygen atoms in total. The van der Waals surface area contributed by atoms with Crippen LogP contribution in [-0.4, -0.2) is 39.6 Å². The Morgan fingerprint density at radius 3 is 2.44 bits per heavy atom. The van der Waals surface area contributed by atoms with E-state index in [2.05, 4.69) is 10.2 Å². The summed E-state index contributed by atoms with van der Waals surface area (Å²) < 4.78 is 2.53. The van der Waals surface area contributed by atoms with Crippen molar-refractivity contribution in [2.45, 2.75) is 38.9 Å². The molecule has 2 heterocycles. The first-order valence-electron chi connectivity index (χ1n) is 11.0. The van der Waals surface area contributed by atoms with Crippen molar-refractivity contribution in [1.82, 2.24) is 19.4 Å². The highest BCUT2D eigenvalue weighted by atomic mass is 35.5. The highest BCUT2D eigenvalue weighted by Gasteiger charge is 2.25. The van der Waals surface area contributed by atoms with E-state index >= 15 is 0 Å². The molecule has 1 atom stereocenters. The molecule has 1 aliphatic rings. The molecule has 1 fully saturated rings. The Bertz CT molecular complexity index is 1240. The van der Waals surface area contributed by atoms with Gasteiger partial charge in [0.15, 0.2) is 0 Å². The second-order valence-corrected chi connectivity index (χ2v) is 8.43. The smallest absolute Gasteiger partial charge is 0.331 e. The molecule has 0 bridgehead atoms. The summed E-state index contributed by atoms with van der Waals surface area (Å²) in [5.74, 6) is -0.283. The Labute approximate surface area is 191 Å². The number of halogens is 1. The van der Waals surface area contributed by atoms with Crippen LogP contribution in [0.25, 0.3) is 10.9 Å². The van der Waals surface area contributed by atoms with Crippen molar-refractivity contribution in [2.75, 3.05) is 19.6 Å². The van der Waals surface area contributed by atoms with E-state index in [1.807, 2.05) is 24.3 Å². The lowest BCUT2D eigenvalue weighted by molar-refractivity contribution is -0.121. The lowest BCUT2D eigenvalue weighted by Crippen LogP contribution is -2.43. The minimum absolute atomic E-state index is 0.0341. The average Bonchev–Trinajstić information content (AvgIpc) is 3.33. The molecule has 3 aromatic rings. The van der Waals surface area contributed by atoms with Gasteiger partial charge >= 0.3 is 5.69 Å². The molecule has 1 amide bonds. The normalized spacial score (nSPS) is 15.2. The topological polar surface area (TPSA) is 76.3 Å². The van der Waals surface area contributed by atoms with E-state index in [-0.39, 0.29) is 30.6 Å². The lowest BCUT2D eigenvalue weighted by Gasteiger charge is -2.29. The van der Waals surface area contributed by atoms with Crippen LogP contribution in [0.5, 0.6) is 0 Å². The predicted molar refractivity (Wildman–Crippen MR) is 126 cm³/mol. The molecule has 0 spiro atoms.